The van der Waals surface area contributed by atoms with Gasteiger partial charge in [-0.05, 0) is 25.2 Å². The highest BCUT2D eigenvalue weighted by Crippen LogP contribution is 2.41. The zero-order chi connectivity index (χ0) is 9.15. The highest BCUT2D eigenvalue weighted by Gasteiger charge is 2.36. The highest BCUT2D eigenvalue weighted by molar-refractivity contribution is 5.02. The van der Waals surface area contributed by atoms with Crippen LogP contribution in [0.25, 0.3) is 0 Å². The van der Waals surface area contributed by atoms with Crippen molar-refractivity contribution >= 4 is 0 Å². The third kappa shape index (κ3) is 1.86. The van der Waals surface area contributed by atoms with Crippen molar-refractivity contribution in [2.45, 2.75) is 38.5 Å². The predicted molar refractivity (Wildman–Crippen MR) is 50.1 cm³/mol. The molecule has 1 saturated carbocycles. The Balaban J connectivity index is 1.93. The molecule has 0 N–H and O–H groups in total. The number of nitriles is 1. The van der Waals surface area contributed by atoms with Crippen molar-refractivity contribution in [2.75, 3.05) is 13.2 Å². The molecule has 1 unspecified atom stereocenters. The van der Waals surface area contributed by atoms with Crippen LogP contribution in [0.5, 0.6) is 0 Å². The summed E-state index contributed by atoms with van der Waals surface area (Å²) in [6, 6.07) is 2.49. The molecule has 72 valence electrons. The van der Waals surface area contributed by atoms with E-state index in [1.54, 1.807) is 0 Å². The summed E-state index contributed by atoms with van der Waals surface area (Å²) in [5.41, 5.74) is -0.122. The van der Waals surface area contributed by atoms with Gasteiger partial charge < -0.3 is 4.74 Å². The molecule has 1 saturated heterocycles. The Morgan fingerprint density at radius 3 is 2.69 bits per heavy atom. The van der Waals surface area contributed by atoms with Gasteiger partial charge in [-0.15, -0.1) is 0 Å². The Morgan fingerprint density at radius 1 is 1.38 bits per heavy atom. The van der Waals surface area contributed by atoms with Crippen LogP contribution in [0.4, 0.5) is 0 Å². The Bertz CT molecular complexity index is 209. The van der Waals surface area contributed by atoms with Gasteiger partial charge in [-0.25, -0.2) is 0 Å². The lowest BCUT2D eigenvalue weighted by Crippen LogP contribution is -2.34. The van der Waals surface area contributed by atoms with E-state index in [2.05, 4.69) is 6.07 Å². The largest absolute Gasteiger partial charge is 0.380 e. The van der Waals surface area contributed by atoms with E-state index >= 15 is 0 Å². The van der Waals surface area contributed by atoms with Gasteiger partial charge in [0.1, 0.15) is 0 Å². The molecule has 13 heavy (non-hydrogen) atoms. The van der Waals surface area contributed by atoms with Crippen LogP contribution in [-0.2, 0) is 4.74 Å². The van der Waals surface area contributed by atoms with Crippen molar-refractivity contribution in [1.82, 2.24) is 0 Å². The molecule has 1 aliphatic heterocycles. The quantitative estimate of drug-likeness (QED) is 0.652. The summed E-state index contributed by atoms with van der Waals surface area (Å²) in [4.78, 5) is 0. The first-order valence-electron chi connectivity index (χ1n) is 5.34. The van der Waals surface area contributed by atoms with Crippen molar-refractivity contribution in [3.05, 3.63) is 0 Å². The van der Waals surface area contributed by atoms with Crippen LogP contribution < -0.4 is 0 Å². The molecule has 0 aromatic carbocycles. The summed E-state index contributed by atoms with van der Waals surface area (Å²) in [6.07, 6.45) is 7.25. The molecule has 1 atom stereocenters. The lowest BCUT2D eigenvalue weighted by Gasteiger charge is -2.36. The summed E-state index contributed by atoms with van der Waals surface area (Å²) in [5.74, 6) is 0.821. The van der Waals surface area contributed by atoms with Crippen LogP contribution in [-0.4, -0.2) is 13.2 Å². The molecular formula is C11H17NO. The molecule has 2 heteroatoms. The van der Waals surface area contributed by atoms with Gasteiger partial charge in [-0.2, -0.15) is 5.26 Å². The second kappa shape index (κ2) is 3.67. The summed E-state index contributed by atoms with van der Waals surface area (Å²) in [6.45, 7) is 1.54. The van der Waals surface area contributed by atoms with Crippen molar-refractivity contribution in [3.63, 3.8) is 0 Å². The van der Waals surface area contributed by atoms with Gasteiger partial charge >= 0.3 is 0 Å². The minimum absolute atomic E-state index is 0.122. The molecule has 0 amide bonds. The van der Waals surface area contributed by atoms with Gasteiger partial charge in [-0.3, -0.25) is 0 Å². The zero-order valence-corrected chi connectivity index (χ0v) is 8.09. The third-order valence-corrected chi connectivity index (χ3v) is 3.46. The Kier molecular flexibility index (Phi) is 2.55. The molecular weight excluding hydrogens is 162 g/mol. The average Bonchev–Trinajstić information content (AvgIpc) is 2.13. The fourth-order valence-electron chi connectivity index (χ4n) is 2.40. The van der Waals surface area contributed by atoms with E-state index in [4.69, 9.17) is 4.74 Å². The average molecular weight is 179 g/mol. The Hall–Kier alpha value is -0.550. The van der Waals surface area contributed by atoms with Crippen molar-refractivity contribution in [1.29, 1.82) is 5.26 Å². The maximum Gasteiger partial charge on any atom is 0.0810 e. The lowest BCUT2D eigenvalue weighted by atomic mass is 9.70. The van der Waals surface area contributed by atoms with E-state index in [0.29, 0.717) is 6.61 Å². The Labute approximate surface area is 79.9 Å². The standard InChI is InChI=1S/C11H17NO/c12-8-11(5-2-6-13-9-11)7-10-3-1-4-10/h10H,1-7,9H2. The second-order valence-electron chi connectivity index (χ2n) is 4.55. The molecule has 2 fully saturated rings. The molecule has 0 spiro atoms. The maximum absolute atomic E-state index is 9.18. The molecule has 0 aromatic rings. The maximum atomic E-state index is 9.18. The number of hydrogen-bond donors (Lipinski definition) is 0. The van der Waals surface area contributed by atoms with Crippen LogP contribution in [0.3, 0.4) is 0 Å². The van der Waals surface area contributed by atoms with Crippen LogP contribution >= 0.6 is 0 Å². The summed E-state index contributed by atoms with van der Waals surface area (Å²) < 4.78 is 5.42. The fraction of sp³-hybridized carbons (Fsp3) is 0.909. The first-order valence-corrected chi connectivity index (χ1v) is 5.34. The van der Waals surface area contributed by atoms with E-state index in [9.17, 15) is 5.26 Å². The third-order valence-electron chi connectivity index (χ3n) is 3.46. The summed E-state index contributed by atoms with van der Waals surface area (Å²) in [5, 5.41) is 9.18. The summed E-state index contributed by atoms with van der Waals surface area (Å²) >= 11 is 0. The SMILES string of the molecule is N#CC1(CC2CCC2)CCCOC1. The smallest absolute Gasteiger partial charge is 0.0810 e. The molecule has 0 radical (unpaired) electrons. The predicted octanol–water partition coefficient (Wildman–Crippen LogP) is 2.50. The lowest BCUT2D eigenvalue weighted by molar-refractivity contribution is 0.00361. The molecule has 0 bridgehead atoms. The molecule has 0 aromatic heterocycles. The fourth-order valence-corrected chi connectivity index (χ4v) is 2.40. The van der Waals surface area contributed by atoms with Gasteiger partial charge in [0.15, 0.2) is 0 Å². The van der Waals surface area contributed by atoms with Crippen molar-refractivity contribution in [2.24, 2.45) is 11.3 Å². The normalized spacial score (nSPS) is 35.0. The molecule has 2 nitrogen and oxygen atoms in total. The van der Waals surface area contributed by atoms with Gasteiger partial charge in [0.05, 0.1) is 18.1 Å². The second-order valence-corrected chi connectivity index (χ2v) is 4.55. The summed E-state index contributed by atoms with van der Waals surface area (Å²) in [7, 11) is 0. The first-order chi connectivity index (χ1) is 6.35. The van der Waals surface area contributed by atoms with Crippen LogP contribution in [0.15, 0.2) is 0 Å². The molecule has 1 aliphatic carbocycles. The monoisotopic (exact) mass is 179 g/mol. The minimum atomic E-state index is -0.122. The van der Waals surface area contributed by atoms with E-state index in [-0.39, 0.29) is 5.41 Å². The first kappa shape index (κ1) is 9.02. The van der Waals surface area contributed by atoms with E-state index in [0.717, 1.165) is 31.8 Å². The highest BCUT2D eigenvalue weighted by atomic mass is 16.5. The minimum Gasteiger partial charge on any atom is -0.380 e. The number of ether oxygens (including phenoxy) is 1. The van der Waals surface area contributed by atoms with Crippen LogP contribution in [0, 0.1) is 22.7 Å². The number of nitrogens with zero attached hydrogens (tertiary/aromatic N) is 1. The van der Waals surface area contributed by atoms with E-state index < -0.39 is 0 Å². The van der Waals surface area contributed by atoms with Gasteiger partial charge in [0.2, 0.25) is 0 Å². The van der Waals surface area contributed by atoms with Crippen LogP contribution in [0.1, 0.15) is 38.5 Å². The molecule has 2 rings (SSSR count). The van der Waals surface area contributed by atoms with E-state index in [1.807, 2.05) is 0 Å². The number of rotatable bonds is 2. The van der Waals surface area contributed by atoms with Crippen LogP contribution in [0.2, 0.25) is 0 Å². The van der Waals surface area contributed by atoms with Crippen molar-refractivity contribution in [3.8, 4) is 6.07 Å². The van der Waals surface area contributed by atoms with Gasteiger partial charge in [0, 0.05) is 6.61 Å². The molecule has 1 heterocycles. The molecule has 2 aliphatic rings. The zero-order valence-electron chi connectivity index (χ0n) is 8.09. The topological polar surface area (TPSA) is 33.0 Å². The van der Waals surface area contributed by atoms with Crippen molar-refractivity contribution < 1.29 is 4.74 Å². The number of hydrogen-bond acceptors (Lipinski definition) is 2. The van der Waals surface area contributed by atoms with E-state index in [1.165, 1.54) is 19.3 Å². The van der Waals surface area contributed by atoms with Gasteiger partial charge in [-0.1, -0.05) is 19.3 Å². The Morgan fingerprint density at radius 2 is 2.23 bits per heavy atom. The van der Waals surface area contributed by atoms with Gasteiger partial charge in [0.25, 0.3) is 0 Å².